The van der Waals surface area contributed by atoms with E-state index >= 15 is 0 Å². The van der Waals surface area contributed by atoms with Gasteiger partial charge in [0.25, 0.3) is 0 Å². The van der Waals surface area contributed by atoms with Gasteiger partial charge in [-0.2, -0.15) is 0 Å². The fraction of sp³-hybridized carbons (Fsp3) is 0.161. The van der Waals surface area contributed by atoms with E-state index in [2.05, 4.69) is 0 Å². The third kappa shape index (κ3) is 3.04. The Labute approximate surface area is 207 Å². The molecule has 3 aromatic carbocycles. The van der Waals surface area contributed by atoms with Crippen LogP contribution in [-0.4, -0.2) is 4.98 Å². The molecule has 3 aromatic heterocycles. The van der Waals surface area contributed by atoms with Crippen LogP contribution in [0.4, 0.5) is 0 Å². The van der Waals surface area contributed by atoms with Crippen LogP contribution in [0.3, 0.4) is 0 Å². The summed E-state index contributed by atoms with van der Waals surface area (Å²) in [6.07, 6.45) is 1.63. The molecule has 166 valence electrons. The van der Waals surface area contributed by atoms with Crippen LogP contribution >= 0.6 is 0 Å². The second-order valence-corrected chi connectivity index (χ2v) is 8.87. The molecule has 6 rings (SSSR count). The third-order valence-corrected chi connectivity index (χ3v) is 6.57. The minimum Gasteiger partial charge on any atom is -0.437 e. The lowest BCUT2D eigenvalue weighted by Gasteiger charge is -2.11. The molecule has 34 heavy (non-hydrogen) atoms. The molecule has 0 aliphatic carbocycles. The lowest BCUT2D eigenvalue weighted by atomic mass is 9.94. The van der Waals surface area contributed by atoms with Crippen LogP contribution < -0.4 is 4.57 Å². The molecule has 0 aliphatic rings. The van der Waals surface area contributed by atoms with Gasteiger partial charge >= 0.3 is 0 Å². The highest BCUT2D eigenvalue weighted by Crippen LogP contribution is 2.40. The quantitative estimate of drug-likeness (QED) is 0.256. The van der Waals surface area contributed by atoms with Crippen LogP contribution in [0.5, 0.6) is 0 Å². The Kier molecular flexibility index (Phi) is 3.33. The Hall–Kier alpha value is -3.98. The van der Waals surface area contributed by atoms with Crippen molar-refractivity contribution in [1.29, 1.82) is 0 Å². The Morgan fingerprint density at radius 3 is 2.47 bits per heavy atom. The van der Waals surface area contributed by atoms with Gasteiger partial charge < -0.3 is 4.42 Å². The predicted octanol–water partition coefficient (Wildman–Crippen LogP) is 7.53. The van der Waals surface area contributed by atoms with Gasteiger partial charge in [0.2, 0.25) is 11.4 Å². The number of benzene rings is 3. The number of rotatable bonds is 2. The van der Waals surface area contributed by atoms with Gasteiger partial charge in [0.15, 0.2) is 11.8 Å². The zero-order valence-electron chi connectivity index (χ0n) is 25.2. The summed E-state index contributed by atoms with van der Waals surface area (Å²) < 4.78 is 57.8. The average molecular weight is 450 g/mol. The molecule has 0 unspecified atom stereocenters. The van der Waals surface area contributed by atoms with Crippen LogP contribution in [0.25, 0.3) is 55.4 Å². The summed E-state index contributed by atoms with van der Waals surface area (Å²) in [5, 5.41) is 2.02. The summed E-state index contributed by atoms with van der Waals surface area (Å²) in [4.78, 5) is 4.80. The maximum absolute atomic E-state index is 8.33. The standard InChI is InChI=1S/C31H27N2O/c1-18-10-9-13-23-15-25-27-19(2)14-20(3)28(30(27)34-31(25)32-29(18)23)26-16-24(21(4)17-33(26)5)22-11-7-6-8-12-22/h6-17H,1-5H3/q+1/i2D3,4D3. The Bertz CT molecular complexity index is 1950. The molecule has 0 spiro atoms. The van der Waals surface area contributed by atoms with Gasteiger partial charge in [-0.25, -0.2) is 9.55 Å². The SMILES string of the molecule is [2H]C([2H])([2H])c1c[n+](C)c(-c2c(C)cc(C([2H])([2H])[2H])c3c2oc2nc4c(C)cccc4cc23)cc1-c1ccccc1. The maximum atomic E-state index is 8.33. The van der Waals surface area contributed by atoms with E-state index in [0.29, 0.717) is 44.5 Å². The number of furan rings is 1. The number of aromatic nitrogens is 2. The van der Waals surface area contributed by atoms with Crippen LogP contribution in [0, 0.1) is 27.6 Å². The molecule has 0 saturated heterocycles. The third-order valence-electron chi connectivity index (χ3n) is 6.57. The molecule has 0 aliphatic heterocycles. The smallest absolute Gasteiger partial charge is 0.227 e. The summed E-state index contributed by atoms with van der Waals surface area (Å²) in [6.45, 7) is -0.892. The minimum atomic E-state index is -2.39. The number of hydrogen-bond acceptors (Lipinski definition) is 2. The zero-order valence-corrected chi connectivity index (χ0v) is 19.2. The van der Waals surface area contributed by atoms with Crippen molar-refractivity contribution in [2.75, 3.05) is 0 Å². The van der Waals surface area contributed by atoms with Crippen molar-refractivity contribution in [1.82, 2.24) is 4.98 Å². The van der Waals surface area contributed by atoms with Crippen LogP contribution in [0.1, 0.15) is 30.5 Å². The Morgan fingerprint density at radius 1 is 0.853 bits per heavy atom. The van der Waals surface area contributed by atoms with Crippen LogP contribution in [-0.2, 0) is 7.05 Å². The van der Waals surface area contributed by atoms with E-state index in [1.54, 1.807) is 23.9 Å². The lowest BCUT2D eigenvalue weighted by molar-refractivity contribution is -0.660. The summed E-state index contributed by atoms with van der Waals surface area (Å²) >= 11 is 0. The van der Waals surface area contributed by atoms with Crippen molar-refractivity contribution in [2.45, 2.75) is 27.6 Å². The molecule has 0 amide bonds. The highest BCUT2D eigenvalue weighted by atomic mass is 16.3. The van der Waals surface area contributed by atoms with E-state index in [0.717, 1.165) is 22.0 Å². The molecule has 0 fully saturated rings. The first-order chi connectivity index (χ1) is 18.8. The number of fused-ring (bicyclic) bond motifs is 4. The van der Waals surface area contributed by atoms with Crippen molar-refractivity contribution in [3.8, 4) is 22.4 Å². The number of pyridine rings is 2. The van der Waals surface area contributed by atoms with Gasteiger partial charge in [-0.1, -0.05) is 54.6 Å². The van der Waals surface area contributed by atoms with E-state index < -0.39 is 13.7 Å². The Morgan fingerprint density at radius 2 is 1.68 bits per heavy atom. The topological polar surface area (TPSA) is 29.9 Å². The molecule has 3 heterocycles. The van der Waals surface area contributed by atoms with Gasteiger partial charge in [0.1, 0.15) is 7.05 Å². The molecular weight excluding hydrogens is 416 g/mol. The molecule has 0 N–H and O–H groups in total. The first kappa shape index (κ1) is 15.0. The van der Waals surface area contributed by atoms with Gasteiger partial charge in [-0.05, 0) is 61.4 Å². The molecular formula is C31H27N2O+. The number of aryl methyl sites for hydroxylation is 5. The van der Waals surface area contributed by atoms with Gasteiger partial charge in [0.05, 0.1) is 11.1 Å². The molecule has 0 radical (unpaired) electrons. The second kappa shape index (κ2) is 7.53. The van der Waals surface area contributed by atoms with Crippen molar-refractivity contribution < 1.29 is 17.2 Å². The fourth-order valence-electron chi connectivity index (χ4n) is 4.91. The van der Waals surface area contributed by atoms with Crippen molar-refractivity contribution in [2.24, 2.45) is 7.05 Å². The number of hydrogen-bond donors (Lipinski definition) is 0. The highest BCUT2D eigenvalue weighted by Gasteiger charge is 2.24. The van der Waals surface area contributed by atoms with Crippen molar-refractivity contribution in [3.05, 3.63) is 95.2 Å². The monoisotopic (exact) mass is 449 g/mol. The van der Waals surface area contributed by atoms with Crippen LogP contribution in [0.2, 0.25) is 0 Å². The van der Waals surface area contributed by atoms with E-state index in [1.807, 2.05) is 74.5 Å². The maximum Gasteiger partial charge on any atom is 0.227 e. The van der Waals surface area contributed by atoms with E-state index in [9.17, 15) is 0 Å². The molecule has 0 bridgehead atoms. The highest BCUT2D eigenvalue weighted by molar-refractivity contribution is 6.13. The molecule has 0 saturated carbocycles. The zero-order chi connectivity index (χ0) is 28.6. The average Bonchev–Trinajstić information content (AvgIpc) is 3.25. The van der Waals surface area contributed by atoms with Crippen molar-refractivity contribution >= 4 is 33.0 Å². The molecule has 0 atom stereocenters. The second-order valence-electron chi connectivity index (χ2n) is 8.87. The Balaban J connectivity index is 1.76. The molecule has 6 aromatic rings. The summed E-state index contributed by atoms with van der Waals surface area (Å²) in [5.74, 6) is 0. The first-order valence-electron chi connectivity index (χ1n) is 14.2. The largest absolute Gasteiger partial charge is 0.437 e. The van der Waals surface area contributed by atoms with Crippen molar-refractivity contribution in [3.63, 3.8) is 0 Å². The van der Waals surface area contributed by atoms with E-state index in [1.165, 1.54) is 0 Å². The summed E-state index contributed by atoms with van der Waals surface area (Å²) in [6, 6.07) is 20.8. The molecule has 3 heteroatoms. The number of nitrogens with zero attached hydrogens (tertiary/aromatic N) is 2. The van der Waals surface area contributed by atoms with E-state index in [4.69, 9.17) is 17.6 Å². The van der Waals surface area contributed by atoms with Gasteiger partial charge in [-0.3, -0.25) is 0 Å². The molecule has 3 nitrogen and oxygen atoms in total. The van der Waals surface area contributed by atoms with Gasteiger partial charge in [-0.15, -0.1) is 0 Å². The number of para-hydroxylation sites is 1. The van der Waals surface area contributed by atoms with Gasteiger partial charge in [0, 0.05) is 36.0 Å². The predicted molar refractivity (Wildman–Crippen MR) is 140 cm³/mol. The normalized spacial score (nSPS) is 15.0. The fourth-order valence-corrected chi connectivity index (χ4v) is 4.91. The van der Waals surface area contributed by atoms with E-state index in [-0.39, 0.29) is 11.1 Å². The summed E-state index contributed by atoms with van der Waals surface area (Å²) in [7, 11) is 1.79. The summed E-state index contributed by atoms with van der Waals surface area (Å²) in [5.41, 5.74) is 6.44. The van der Waals surface area contributed by atoms with Crippen LogP contribution in [0.15, 0.2) is 77.3 Å². The lowest BCUT2D eigenvalue weighted by Crippen LogP contribution is -2.31. The first-order valence-corrected chi connectivity index (χ1v) is 11.2. The minimum absolute atomic E-state index is 0.196.